The van der Waals surface area contributed by atoms with E-state index in [1.165, 1.54) is 11.3 Å². The molecule has 0 aliphatic carbocycles. The molecule has 164 valence electrons. The highest BCUT2D eigenvalue weighted by Gasteiger charge is 2.25. The first-order chi connectivity index (χ1) is 16.4. The Balaban J connectivity index is 1.32. The lowest BCUT2D eigenvalue weighted by Crippen LogP contribution is -2.03. The summed E-state index contributed by atoms with van der Waals surface area (Å²) in [6.07, 6.45) is 12.4. The molecule has 0 amide bonds. The van der Waals surface area contributed by atoms with Gasteiger partial charge < -0.3 is 9.30 Å². The number of aromatic nitrogens is 6. The van der Waals surface area contributed by atoms with E-state index in [2.05, 4.69) is 36.3 Å². The molecular formula is C26H24N6O. The van der Waals surface area contributed by atoms with Crippen LogP contribution >= 0.6 is 0 Å². The highest BCUT2D eigenvalue weighted by molar-refractivity contribution is 5.99. The van der Waals surface area contributed by atoms with Crippen molar-refractivity contribution in [2.75, 3.05) is 6.61 Å². The third-order valence-corrected chi connectivity index (χ3v) is 6.12. The number of nitrogens with zero attached hydrogens (tertiary/aromatic N) is 6. The predicted octanol–water partition coefficient (Wildman–Crippen LogP) is 4.77. The summed E-state index contributed by atoms with van der Waals surface area (Å²) in [6, 6.07) is 14.2. The molecular weight excluding hydrogens is 412 g/mol. The highest BCUT2D eigenvalue weighted by Crippen LogP contribution is 2.40. The maximum Gasteiger partial charge on any atom is 0.121 e. The molecule has 1 aromatic carbocycles. The first-order valence-electron chi connectivity index (χ1n) is 11.4. The number of fused-ring (bicyclic) bond motifs is 2. The Morgan fingerprint density at radius 3 is 2.88 bits per heavy atom. The van der Waals surface area contributed by atoms with Crippen LogP contribution < -0.4 is 4.74 Å². The lowest BCUT2D eigenvalue weighted by molar-refractivity contribution is 0.302. The number of hydrogen-bond acceptors (Lipinski definition) is 5. The van der Waals surface area contributed by atoms with Crippen LogP contribution in [0.25, 0.3) is 33.4 Å². The topological polar surface area (TPSA) is 70.7 Å². The van der Waals surface area contributed by atoms with E-state index in [9.17, 15) is 0 Å². The van der Waals surface area contributed by atoms with Crippen LogP contribution in [0.1, 0.15) is 18.5 Å². The summed E-state index contributed by atoms with van der Waals surface area (Å²) in [7, 11) is 0. The normalized spacial score (nSPS) is 12.8. The SMILES string of the molecule is c1ccc(-c2nn3c(c2-c2ccnc4cc(OCCCn5ccnc5)ccc24)CCC3)nc1. The minimum Gasteiger partial charge on any atom is -0.493 e. The van der Waals surface area contributed by atoms with Crippen molar-refractivity contribution in [1.82, 2.24) is 29.3 Å². The molecule has 4 aromatic heterocycles. The zero-order chi connectivity index (χ0) is 22.0. The maximum absolute atomic E-state index is 6.01. The summed E-state index contributed by atoms with van der Waals surface area (Å²) in [6.45, 7) is 2.48. The van der Waals surface area contributed by atoms with Crippen LogP contribution in [0.4, 0.5) is 0 Å². The highest BCUT2D eigenvalue weighted by atomic mass is 16.5. The van der Waals surface area contributed by atoms with Crippen molar-refractivity contribution >= 4 is 10.9 Å². The summed E-state index contributed by atoms with van der Waals surface area (Å²) >= 11 is 0. The summed E-state index contributed by atoms with van der Waals surface area (Å²) in [5, 5.41) is 6.04. The van der Waals surface area contributed by atoms with Gasteiger partial charge in [0.1, 0.15) is 11.4 Å². The number of benzene rings is 1. The Morgan fingerprint density at radius 1 is 1.00 bits per heavy atom. The molecule has 1 aliphatic heterocycles. The molecule has 0 saturated carbocycles. The van der Waals surface area contributed by atoms with Gasteiger partial charge in [-0.25, -0.2) is 4.98 Å². The van der Waals surface area contributed by atoms with Crippen LogP contribution in [0.3, 0.4) is 0 Å². The van der Waals surface area contributed by atoms with Crippen LogP contribution in [0.5, 0.6) is 5.75 Å². The smallest absolute Gasteiger partial charge is 0.121 e. The first kappa shape index (κ1) is 19.7. The van der Waals surface area contributed by atoms with Crippen molar-refractivity contribution in [1.29, 1.82) is 0 Å². The number of rotatable bonds is 7. The van der Waals surface area contributed by atoms with Gasteiger partial charge in [0.25, 0.3) is 0 Å². The molecule has 7 nitrogen and oxygen atoms in total. The van der Waals surface area contributed by atoms with Gasteiger partial charge in [0, 0.05) is 60.6 Å². The molecule has 0 atom stereocenters. The molecule has 0 unspecified atom stereocenters. The fraction of sp³-hybridized carbons (Fsp3) is 0.231. The molecule has 0 N–H and O–H groups in total. The van der Waals surface area contributed by atoms with Gasteiger partial charge in [-0.15, -0.1) is 0 Å². The summed E-state index contributed by atoms with van der Waals surface area (Å²) < 4.78 is 10.2. The number of hydrogen-bond donors (Lipinski definition) is 0. The van der Waals surface area contributed by atoms with Crippen molar-refractivity contribution in [2.45, 2.75) is 32.4 Å². The second-order valence-electron chi connectivity index (χ2n) is 8.25. The van der Waals surface area contributed by atoms with Crippen molar-refractivity contribution in [2.24, 2.45) is 0 Å². The van der Waals surface area contributed by atoms with Gasteiger partial charge in [-0.3, -0.25) is 14.6 Å². The van der Waals surface area contributed by atoms with E-state index < -0.39 is 0 Å². The van der Waals surface area contributed by atoms with Crippen LogP contribution in [0.15, 0.2) is 73.6 Å². The fourth-order valence-corrected chi connectivity index (χ4v) is 4.59. The molecule has 33 heavy (non-hydrogen) atoms. The minimum atomic E-state index is 0.643. The molecule has 0 saturated heterocycles. The van der Waals surface area contributed by atoms with Crippen LogP contribution in [-0.4, -0.2) is 35.9 Å². The van der Waals surface area contributed by atoms with Crippen molar-refractivity contribution < 1.29 is 4.74 Å². The second-order valence-corrected chi connectivity index (χ2v) is 8.25. The lowest BCUT2D eigenvalue weighted by Gasteiger charge is -2.11. The van der Waals surface area contributed by atoms with Gasteiger partial charge in [0.05, 0.1) is 24.1 Å². The van der Waals surface area contributed by atoms with Gasteiger partial charge >= 0.3 is 0 Å². The summed E-state index contributed by atoms with van der Waals surface area (Å²) in [4.78, 5) is 13.3. The summed E-state index contributed by atoms with van der Waals surface area (Å²) in [5.41, 5.74) is 6.37. The maximum atomic E-state index is 6.01. The summed E-state index contributed by atoms with van der Waals surface area (Å²) in [5.74, 6) is 0.836. The zero-order valence-corrected chi connectivity index (χ0v) is 18.3. The van der Waals surface area contributed by atoms with E-state index in [4.69, 9.17) is 9.84 Å². The molecule has 0 fully saturated rings. The Kier molecular flexibility index (Phi) is 5.07. The Morgan fingerprint density at radius 2 is 2.00 bits per heavy atom. The first-order valence-corrected chi connectivity index (χ1v) is 11.4. The predicted molar refractivity (Wildman–Crippen MR) is 127 cm³/mol. The molecule has 6 rings (SSSR count). The third-order valence-electron chi connectivity index (χ3n) is 6.12. The quantitative estimate of drug-likeness (QED) is 0.344. The molecule has 0 spiro atoms. The molecule has 0 bridgehead atoms. The van der Waals surface area contributed by atoms with Crippen molar-refractivity contribution in [3.05, 3.63) is 79.3 Å². The largest absolute Gasteiger partial charge is 0.493 e. The minimum absolute atomic E-state index is 0.643. The van der Waals surface area contributed by atoms with Gasteiger partial charge in [-0.1, -0.05) is 6.07 Å². The van der Waals surface area contributed by atoms with Crippen molar-refractivity contribution in [3.8, 4) is 28.3 Å². The average molecular weight is 437 g/mol. The standard InChI is InChI=1S/C26H24N6O/c1-2-10-28-22(5-1)26-25(24-6-3-14-32(24)30-26)21-9-11-29-23-17-19(7-8-20(21)23)33-16-4-13-31-15-12-27-18-31/h1-2,5,7-12,15,17-18H,3-4,6,13-14,16H2. The van der Waals surface area contributed by atoms with Crippen LogP contribution in [0.2, 0.25) is 0 Å². The van der Waals surface area contributed by atoms with Gasteiger partial charge in [0.15, 0.2) is 0 Å². The molecule has 1 aliphatic rings. The van der Waals surface area contributed by atoms with Crippen LogP contribution in [-0.2, 0) is 19.5 Å². The van der Waals surface area contributed by atoms with E-state index in [0.717, 1.165) is 66.0 Å². The number of imidazole rings is 1. The number of pyridine rings is 2. The zero-order valence-electron chi connectivity index (χ0n) is 18.3. The van der Waals surface area contributed by atoms with Gasteiger partial charge in [0.2, 0.25) is 0 Å². The molecule has 0 radical (unpaired) electrons. The monoisotopic (exact) mass is 436 g/mol. The van der Waals surface area contributed by atoms with E-state index in [0.29, 0.717) is 6.61 Å². The van der Waals surface area contributed by atoms with E-state index in [1.54, 1.807) is 6.20 Å². The average Bonchev–Trinajstić information content (AvgIpc) is 3.60. The number of aryl methyl sites for hydroxylation is 2. The third kappa shape index (κ3) is 3.75. The van der Waals surface area contributed by atoms with Crippen molar-refractivity contribution in [3.63, 3.8) is 0 Å². The second kappa shape index (κ2) is 8.50. The van der Waals surface area contributed by atoms with E-state index in [-0.39, 0.29) is 0 Å². The molecule has 7 heteroatoms. The van der Waals surface area contributed by atoms with E-state index in [1.807, 2.05) is 55.2 Å². The van der Waals surface area contributed by atoms with Crippen LogP contribution in [0, 0.1) is 0 Å². The van der Waals surface area contributed by atoms with Gasteiger partial charge in [-0.05, 0) is 55.2 Å². The Labute approximate surface area is 191 Å². The lowest BCUT2D eigenvalue weighted by atomic mass is 9.96. The van der Waals surface area contributed by atoms with E-state index >= 15 is 0 Å². The Bertz CT molecular complexity index is 1390. The number of ether oxygens (including phenoxy) is 1. The molecule has 5 aromatic rings. The fourth-order valence-electron chi connectivity index (χ4n) is 4.59. The molecule has 5 heterocycles. The van der Waals surface area contributed by atoms with Gasteiger partial charge in [-0.2, -0.15) is 5.10 Å². The Hall–Kier alpha value is -4.00.